The van der Waals surface area contributed by atoms with E-state index in [1.165, 1.54) is 18.9 Å². The van der Waals surface area contributed by atoms with Crippen molar-refractivity contribution in [1.82, 2.24) is 20.2 Å². The number of morpholine rings is 1. The molecule has 8 rings (SSSR count). The van der Waals surface area contributed by atoms with Gasteiger partial charge in [-0.15, -0.1) is 12.3 Å². The number of phenols is 1. The van der Waals surface area contributed by atoms with Crippen LogP contribution in [0.25, 0.3) is 28.1 Å². The Hall–Kier alpha value is -3.71. The standard InChI is InChI=1S/C35H38FN5O3/c1-2-4-27-21-5-12-31(36)32-28(30(27)16-26(42)15-21)10-11-29-33(32)38-35(39-34(29)40-17-22-6-7-23(18-40)37-22)44-14-3-13-41-24-8-9-25(41)20-43-19-24/h1,5,10-12,15-16,22-25,31,37,42H,3-4,6-9,13-14,17-20H2/b12-5-. The summed E-state index contributed by atoms with van der Waals surface area (Å²) in [4.78, 5) is 14.8. The molecule has 5 unspecified atom stereocenters. The average Bonchev–Trinajstić information content (AvgIpc) is 3.47. The minimum atomic E-state index is -1.42. The second-order valence-electron chi connectivity index (χ2n) is 12.9. The van der Waals surface area contributed by atoms with Crippen LogP contribution >= 0.6 is 0 Å². The van der Waals surface area contributed by atoms with Gasteiger partial charge in [-0.05, 0) is 78.6 Å². The largest absolute Gasteiger partial charge is 0.508 e. The monoisotopic (exact) mass is 595 g/mol. The van der Waals surface area contributed by atoms with Gasteiger partial charge in [-0.25, -0.2) is 4.39 Å². The van der Waals surface area contributed by atoms with E-state index in [2.05, 4.69) is 21.0 Å². The number of alkyl halides is 1. The number of nitrogens with zero attached hydrogens (tertiary/aromatic N) is 4. The number of benzene rings is 2. The van der Waals surface area contributed by atoms with Crippen LogP contribution in [0.15, 0.2) is 30.3 Å². The second kappa shape index (κ2) is 11.3. The first-order chi connectivity index (χ1) is 21.6. The molecule has 228 valence electrons. The van der Waals surface area contributed by atoms with E-state index in [-0.39, 0.29) is 11.8 Å². The molecule has 2 N–H and O–H groups in total. The number of anilines is 1. The van der Waals surface area contributed by atoms with E-state index >= 15 is 4.39 Å². The molecule has 5 heterocycles. The molecule has 1 aromatic heterocycles. The van der Waals surface area contributed by atoms with Crippen LogP contribution in [0.4, 0.5) is 10.2 Å². The van der Waals surface area contributed by atoms with Crippen molar-refractivity contribution in [1.29, 1.82) is 0 Å². The third-order valence-corrected chi connectivity index (χ3v) is 10.1. The summed E-state index contributed by atoms with van der Waals surface area (Å²) < 4.78 is 28.3. The Kier molecular flexibility index (Phi) is 7.16. The Morgan fingerprint density at radius 3 is 2.64 bits per heavy atom. The van der Waals surface area contributed by atoms with Gasteiger partial charge in [0.15, 0.2) is 0 Å². The molecule has 44 heavy (non-hydrogen) atoms. The number of rotatable bonds is 7. The summed E-state index contributed by atoms with van der Waals surface area (Å²) in [6, 6.07) is 9.34. The number of aromatic nitrogens is 2. The Bertz CT molecular complexity index is 1640. The highest BCUT2D eigenvalue weighted by Gasteiger charge is 2.37. The number of hydrogen-bond acceptors (Lipinski definition) is 8. The molecule has 2 aromatic carbocycles. The normalized spacial score (nSPS) is 27.9. The molecule has 0 radical (unpaired) electrons. The van der Waals surface area contributed by atoms with Gasteiger partial charge in [-0.1, -0.05) is 12.1 Å². The fourth-order valence-corrected chi connectivity index (χ4v) is 8.11. The smallest absolute Gasteiger partial charge is 0.318 e. The quantitative estimate of drug-likeness (QED) is 0.298. The summed E-state index contributed by atoms with van der Waals surface area (Å²) in [5.41, 5.74) is 4.00. The number of nitrogens with one attached hydrogen (secondary N) is 1. The van der Waals surface area contributed by atoms with Crippen LogP contribution in [0, 0.1) is 12.3 Å². The highest BCUT2D eigenvalue weighted by molar-refractivity contribution is 5.98. The van der Waals surface area contributed by atoms with E-state index in [1.807, 2.05) is 12.1 Å². The fraction of sp³-hybridized carbons (Fsp3) is 0.486. The van der Waals surface area contributed by atoms with Gasteiger partial charge in [0.25, 0.3) is 0 Å². The minimum absolute atomic E-state index is 0.112. The molecule has 5 atom stereocenters. The predicted molar refractivity (Wildman–Crippen MR) is 169 cm³/mol. The molecule has 8 nitrogen and oxygen atoms in total. The summed E-state index contributed by atoms with van der Waals surface area (Å²) in [5.74, 6) is 3.64. The summed E-state index contributed by atoms with van der Waals surface area (Å²) in [6.45, 7) is 4.72. The van der Waals surface area contributed by atoms with Crippen molar-refractivity contribution < 1.29 is 19.0 Å². The number of phenolic OH excluding ortho intramolecular Hbond substituents is 1. The van der Waals surface area contributed by atoms with Gasteiger partial charge in [0.05, 0.1) is 25.3 Å². The topological polar surface area (TPSA) is 83.0 Å². The number of halogens is 1. The van der Waals surface area contributed by atoms with E-state index in [0.717, 1.165) is 80.0 Å². The molecule has 4 aliphatic heterocycles. The first-order valence-corrected chi connectivity index (χ1v) is 16.0. The lowest BCUT2D eigenvalue weighted by atomic mass is 9.85. The third-order valence-electron chi connectivity index (χ3n) is 10.1. The summed E-state index contributed by atoms with van der Waals surface area (Å²) in [6.07, 6.45) is 13.5. The predicted octanol–water partition coefficient (Wildman–Crippen LogP) is 4.79. The lowest BCUT2D eigenvalue weighted by Crippen LogP contribution is -2.51. The van der Waals surface area contributed by atoms with E-state index in [4.69, 9.17) is 25.9 Å². The third kappa shape index (κ3) is 4.90. The van der Waals surface area contributed by atoms with E-state index in [1.54, 1.807) is 18.2 Å². The molecule has 6 bridgehead atoms. The summed E-state index contributed by atoms with van der Waals surface area (Å²) in [7, 11) is 0. The number of piperazine rings is 1. The SMILES string of the molecule is C#CCc1c2cc(O)cc1-c1ccc3c(N4CC5CCC(C4)N5)nc(OCCCN4C5CCC4COC5)nc3c1C(F)/C=C\2. The molecule has 0 spiro atoms. The molecule has 0 amide bonds. The lowest BCUT2D eigenvalue weighted by molar-refractivity contribution is -0.0161. The lowest BCUT2D eigenvalue weighted by Gasteiger charge is -2.35. The van der Waals surface area contributed by atoms with Gasteiger partial charge in [-0.2, -0.15) is 9.97 Å². The zero-order valence-corrected chi connectivity index (χ0v) is 24.8. The molecular formula is C35H38FN5O3. The maximum atomic E-state index is 16.3. The number of aromatic hydroxyl groups is 1. The van der Waals surface area contributed by atoms with E-state index in [9.17, 15) is 5.11 Å². The Morgan fingerprint density at radius 1 is 1.07 bits per heavy atom. The van der Waals surface area contributed by atoms with Crippen molar-refractivity contribution in [3.05, 3.63) is 47.0 Å². The molecule has 4 saturated heterocycles. The van der Waals surface area contributed by atoms with Crippen LogP contribution in [0.5, 0.6) is 11.8 Å². The van der Waals surface area contributed by atoms with Crippen molar-refractivity contribution in [2.24, 2.45) is 0 Å². The molecule has 4 fully saturated rings. The first-order valence-electron chi connectivity index (χ1n) is 16.0. The van der Waals surface area contributed by atoms with Gasteiger partial charge < -0.3 is 24.8 Å². The average molecular weight is 596 g/mol. The highest BCUT2D eigenvalue weighted by atomic mass is 19.1. The van der Waals surface area contributed by atoms with Gasteiger partial charge in [-0.3, -0.25) is 4.90 Å². The van der Waals surface area contributed by atoms with Gasteiger partial charge in [0.1, 0.15) is 17.7 Å². The van der Waals surface area contributed by atoms with Crippen molar-refractivity contribution in [2.75, 3.05) is 44.4 Å². The molecular weight excluding hydrogens is 557 g/mol. The zero-order chi connectivity index (χ0) is 29.8. The number of hydrogen-bond donors (Lipinski definition) is 2. The minimum Gasteiger partial charge on any atom is -0.508 e. The first kappa shape index (κ1) is 27.8. The maximum Gasteiger partial charge on any atom is 0.318 e. The fourth-order valence-electron chi connectivity index (χ4n) is 8.11. The zero-order valence-electron chi connectivity index (χ0n) is 24.8. The van der Waals surface area contributed by atoms with E-state index < -0.39 is 6.17 Å². The van der Waals surface area contributed by atoms with Crippen molar-refractivity contribution in [3.63, 3.8) is 0 Å². The Labute approximate surface area is 257 Å². The van der Waals surface area contributed by atoms with Crippen molar-refractivity contribution in [2.45, 2.75) is 68.9 Å². The Morgan fingerprint density at radius 2 is 1.86 bits per heavy atom. The van der Waals surface area contributed by atoms with E-state index in [0.29, 0.717) is 53.8 Å². The number of terminal acetylenes is 1. The molecule has 3 aromatic rings. The summed E-state index contributed by atoms with van der Waals surface area (Å²) >= 11 is 0. The number of ether oxygens (including phenoxy) is 2. The van der Waals surface area contributed by atoms with Crippen molar-refractivity contribution >= 4 is 22.8 Å². The number of allylic oxidation sites excluding steroid dienone is 1. The van der Waals surface area contributed by atoms with Crippen LogP contribution < -0.4 is 15.0 Å². The van der Waals surface area contributed by atoms with Crippen molar-refractivity contribution in [3.8, 4) is 35.2 Å². The second-order valence-corrected chi connectivity index (χ2v) is 12.9. The molecule has 9 heteroatoms. The van der Waals surface area contributed by atoms with Gasteiger partial charge >= 0.3 is 6.01 Å². The van der Waals surface area contributed by atoms with Crippen LogP contribution in [-0.2, 0) is 11.2 Å². The van der Waals surface area contributed by atoms with Crippen LogP contribution in [0.2, 0.25) is 0 Å². The van der Waals surface area contributed by atoms with Crippen LogP contribution in [-0.4, -0.2) is 83.6 Å². The number of fused-ring (bicyclic) bond motifs is 10. The Balaban J connectivity index is 1.19. The van der Waals surface area contributed by atoms with Gasteiger partial charge in [0.2, 0.25) is 0 Å². The van der Waals surface area contributed by atoms with Crippen LogP contribution in [0.1, 0.15) is 55.0 Å². The van der Waals surface area contributed by atoms with Gasteiger partial charge in [0, 0.05) is 61.2 Å². The van der Waals surface area contributed by atoms with Crippen LogP contribution in [0.3, 0.4) is 0 Å². The maximum absolute atomic E-state index is 16.3. The molecule has 0 saturated carbocycles. The highest BCUT2D eigenvalue weighted by Crippen LogP contribution is 2.44. The summed E-state index contributed by atoms with van der Waals surface area (Å²) in [5, 5.41) is 15.1. The molecule has 5 aliphatic rings. The molecule has 1 aliphatic carbocycles.